The van der Waals surface area contributed by atoms with Crippen molar-refractivity contribution >= 4 is 11.0 Å². The summed E-state index contributed by atoms with van der Waals surface area (Å²) in [5, 5.41) is 0.437. The summed E-state index contributed by atoms with van der Waals surface area (Å²) in [6.45, 7) is 4.89. The van der Waals surface area contributed by atoms with Gasteiger partial charge in [0.25, 0.3) is 0 Å². The minimum absolute atomic E-state index is 0.131. The number of hydrogen-bond acceptors (Lipinski definition) is 3. The van der Waals surface area contributed by atoms with Crippen LogP contribution in [0.3, 0.4) is 0 Å². The Bertz CT molecular complexity index is 1370. The van der Waals surface area contributed by atoms with Gasteiger partial charge in [-0.25, -0.2) is 4.98 Å². The van der Waals surface area contributed by atoms with E-state index in [0.29, 0.717) is 16.6 Å². The van der Waals surface area contributed by atoms with Gasteiger partial charge in [0.15, 0.2) is 0 Å². The van der Waals surface area contributed by atoms with Crippen molar-refractivity contribution in [2.24, 2.45) is 0 Å². The molecule has 0 unspecified atom stereocenters. The third-order valence-corrected chi connectivity index (χ3v) is 6.72. The van der Waals surface area contributed by atoms with Crippen LogP contribution in [0.4, 0.5) is 26.3 Å². The fraction of sp³-hybridized carbons (Fsp3) is 0.296. The number of aromatic amines is 1. The summed E-state index contributed by atoms with van der Waals surface area (Å²) < 4.78 is 80.3. The van der Waals surface area contributed by atoms with Crippen LogP contribution < -0.4 is 0 Å². The number of nitrogens with one attached hydrogen (secondary N) is 1. The average Bonchev–Trinajstić information content (AvgIpc) is 3.28. The van der Waals surface area contributed by atoms with E-state index in [1.165, 1.54) is 6.20 Å². The molecule has 1 N–H and O–H groups in total. The summed E-state index contributed by atoms with van der Waals surface area (Å²) in [5.74, 6) is 0. The molecular formula is C27H24F6N4. The lowest BCUT2D eigenvalue weighted by molar-refractivity contribution is -0.143. The zero-order chi connectivity index (χ0) is 26.4. The molecule has 1 fully saturated rings. The van der Waals surface area contributed by atoms with E-state index in [9.17, 15) is 26.3 Å². The summed E-state index contributed by atoms with van der Waals surface area (Å²) in [7, 11) is 2.11. The number of likely N-dealkylation sites (N-methyl/N-ethyl adjacent to an activating group) is 1. The van der Waals surface area contributed by atoms with Crippen LogP contribution in [-0.4, -0.2) is 53.0 Å². The van der Waals surface area contributed by atoms with Crippen molar-refractivity contribution in [1.82, 2.24) is 19.8 Å². The Kier molecular flexibility index (Phi) is 6.49. The molecule has 0 amide bonds. The highest BCUT2D eigenvalue weighted by atomic mass is 19.4. The number of hydrogen-bond donors (Lipinski definition) is 1. The number of H-pyrrole nitrogens is 1. The van der Waals surface area contributed by atoms with Crippen LogP contribution in [0, 0.1) is 0 Å². The molecule has 3 heterocycles. The lowest BCUT2D eigenvalue weighted by Gasteiger charge is -2.32. The summed E-state index contributed by atoms with van der Waals surface area (Å²) in [6, 6.07) is 11.3. The molecule has 0 atom stereocenters. The molecule has 0 aliphatic carbocycles. The molecule has 2 aromatic carbocycles. The third kappa shape index (κ3) is 5.50. The maximum Gasteiger partial charge on any atom is 0.416 e. The van der Waals surface area contributed by atoms with E-state index >= 15 is 0 Å². The Balaban J connectivity index is 1.47. The number of alkyl halides is 6. The van der Waals surface area contributed by atoms with Gasteiger partial charge in [-0.15, -0.1) is 0 Å². The van der Waals surface area contributed by atoms with Crippen LogP contribution >= 0.6 is 0 Å². The Hall–Kier alpha value is -3.37. The molecule has 0 radical (unpaired) electrons. The number of benzene rings is 2. The number of nitrogens with zero attached hydrogens (tertiary/aromatic N) is 3. The second kappa shape index (κ2) is 9.50. The first kappa shape index (κ1) is 25.3. The van der Waals surface area contributed by atoms with E-state index in [-0.39, 0.29) is 17.2 Å². The molecule has 1 aliphatic heterocycles. The minimum atomic E-state index is -4.92. The standard InChI is InChI=1S/C27H24F6N4/c1-36-6-8-37(9-7-36)16-17-2-4-18(5-3-17)20-12-23-24(15-35-25(23)34-14-20)19-10-21(26(28,29)30)13-22(11-19)27(31,32)33/h2-5,10-15H,6-9,16H2,1H3,(H,34,35). The average molecular weight is 519 g/mol. The first-order chi connectivity index (χ1) is 17.5. The largest absolute Gasteiger partial charge is 0.416 e. The molecule has 5 rings (SSSR count). The number of aromatic nitrogens is 2. The van der Waals surface area contributed by atoms with Crippen LogP contribution in [0.15, 0.2) is 60.9 Å². The van der Waals surface area contributed by atoms with E-state index in [2.05, 4.69) is 26.8 Å². The number of fused-ring (bicyclic) bond motifs is 1. The maximum atomic E-state index is 13.4. The van der Waals surface area contributed by atoms with Gasteiger partial charge in [-0.2, -0.15) is 26.3 Å². The molecule has 2 aromatic heterocycles. The van der Waals surface area contributed by atoms with Crippen molar-refractivity contribution < 1.29 is 26.3 Å². The summed E-state index contributed by atoms with van der Waals surface area (Å²) >= 11 is 0. The van der Waals surface area contributed by atoms with Gasteiger partial charge in [0.1, 0.15) is 5.65 Å². The SMILES string of the molecule is CN1CCN(Cc2ccc(-c3cnc4[nH]cc(-c5cc(C(F)(F)F)cc(C(F)(F)F)c5)c4c3)cc2)CC1. The zero-order valence-electron chi connectivity index (χ0n) is 19.9. The monoisotopic (exact) mass is 518 g/mol. The molecule has 194 valence electrons. The first-order valence-electron chi connectivity index (χ1n) is 11.7. The van der Waals surface area contributed by atoms with Crippen molar-refractivity contribution in [3.8, 4) is 22.3 Å². The molecule has 4 nitrogen and oxygen atoms in total. The fourth-order valence-electron chi connectivity index (χ4n) is 4.58. The van der Waals surface area contributed by atoms with Crippen molar-refractivity contribution in [2.45, 2.75) is 18.9 Å². The van der Waals surface area contributed by atoms with Crippen molar-refractivity contribution in [1.29, 1.82) is 0 Å². The molecule has 10 heteroatoms. The van der Waals surface area contributed by atoms with Crippen molar-refractivity contribution in [3.63, 3.8) is 0 Å². The highest BCUT2D eigenvalue weighted by Crippen LogP contribution is 2.40. The van der Waals surface area contributed by atoms with Gasteiger partial charge in [-0.1, -0.05) is 24.3 Å². The molecule has 0 saturated carbocycles. The molecule has 1 aliphatic rings. The van der Waals surface area contributed by atoms with E-state index in [1.54, 1.807) is 12.3 Å². The van der Waals surface area contributed by atoms with Crippen molar-refractivity contribution in [3.05, 3.63) is 77.6 Å². The van der Waals surface area contributed by atoms with Gasteiger partial charge < -0.3 is 9.88 Å². The van der Waals surface area contributed by atoms with Crippen LogP contribution in [0.25, 0.3) is 33.3 Å². The highest BCUT2D eigenvalue weighted by Gasteiger charge is 2.37. The van der Waals surface area contributed by atoms with E-state index < -0.39 is 23.5 Å². The van der Waals surface area contributed by atoms with E-state index in [4.69, 9.17) is 0 Å². The fourth-order valence-corrected chi connectivity index (χ4v) is 4.58. The zero-order valence-corrected chi connectivity index (χ0v) is 19.9. The van der Waals surface area contributed by atoms with Gasteiger partial charge in [0.05, 0.1) is 11.1 Å². The first-order valence-corrected chi connectivity index (χ1v) is 11.7. The third-order valence-electron chi connectivity index (χ3n) is 6.72. The maximum absolute atomic E-state index is 13.4. The number of rotatable bonds is 4. The van der Waals surface area contributed by atoms with Gasteiger partial charge in [0.2, 0.25) is 0 Å². The second-order valence-corrected chi connectivity index (χ2v) is 9.39. The van der Waals surface area contributed by atoms with Gasteiger partial charge in [-0.3, -0.25) is 4.90 Å². The minimum Gasteiger partial charge on any atom is -0.346 e. The predicted octanol–water partition coefficient (Wildman–Crippen LogP) is 6.68. The molecule has 37 heavy (non-hydrogen) atoms. The quantitative estimate of drug-likeness (QED) is 0.306. The highest BCUT2D eigenvalue weighted by molar-refractivity contribution is 5.96. The molecule has 4 aromatic rings. The summed E-state index contributed by atoms with van der Waals surface area (Å²) in [5.41, 5.74) is 0.414. The number of halogens is 6. The van der Waals surface area contributed by atoms with Crippen LogP contribution in [-0.2, 0) is 18.9 Å². The predicted molar refractivity (Wildman–Crippen MR) is 130 cm³/mol. The lowest BCUT2D eigenvalue weighted by atomic mass is 9.98. The van der Waals surface area contributed by atoms with Gasteiger partial charge in [-0.05, 0) is 48.0 Å². The summed E-state index contributed by atoms with van der Waals surface area (Å²) in [4.78, 5) is 11.9. The van der Waals surface area contributed by atoms with E-state index in [0.717, 1.165) is 56.0 Å². The topological polar surface area (TPSA) is 35.2 Å². The Morgan fingerprint density at radius 3 is 2.00 bits per heavy atom. The molecular weight excluding hydrogens is 494 g/mol. The molecule has 0 spiro atoms. The lowest BCUT2D eigenvalue weighted by Crippen LogP contribution is -2.43. The Morgan fingerprint density at radius 1 is 0.784 bits per heavy atom. The smallest absolute Gasteiger partial charge is 0.346 e. The van der Waals surface area contributed by atoms with Crippen LogP contribution in [0.2, 0.25) is 0 Å². The van der Waals surface area contributed by atoms with Crippen LogP contribution in [0.5, 0.6) is 0 Å². The molecule has 1 saturated heterocycles. The van der Waals surface area contributed by atoms with Gasteiger partial charge >= 0.3 is 12.4 Å². The van der Waals surface area contributed by atoms with Crippen LogP contribution in [0.1, 0.15) is 16.7 Å². The Labute approximate surface area is 209 Å². The van der Waals surface area contributed by atoms with E-state index in [1.807, 2.05) is 24.3 Å². The summed E-state index contributed by atoms with van der Waals surface area (Å²) in [6.07, 6.45) is -6.82. The number of pyridine rings is 1. The normalized spacial score (nSPS) is 16.0. The van der Waals surface area contributed by atoms with Crippen molar-refractivity contribution in [2.75, 3.05) is 33.2 Å². The number of piperazine rings is 1. The Morgan fingerprint density at radius 2 is 1.41 bits per heavy atom. The molecule has 0 bridgehead atoms. The second-order valence-electron chi connectivity index (χ2n) is 9.39. The van der Waals surface area contributed by atoms with Gasteiger partial charge in [0, 0.05) is 61.6 Å².